The molecular formula is C15H20N2. The molecule has 2 rings (SSSR count). The summed E-state index contributed by atoms with van der Waals surface area (Å²) in [5.41, 5.74) is 1.44. The maximum absolute atomic E-state index is 3.17. The van der Waals surface area contributed by atoms with Crippen LogP contribution in [-0.2, 0) is 6.42 Å². The van der Waals surface area contributed by atoms with Crippen LogP contribution in [0.5, 0.6) is 0 Å². The molecule has 2 aromatic carbocycles. The molecule has 0 bridgehead atoms. The topological polar surface area (TPSA) is 15.3 Å². The van der Waals surface area contributed by atoms with Crippen LogP contribution in [0.2, 0.25) is 0 Å². The molecule has 0 radical (unpaired) electrons. The van der Waals surface area contributed by atoms with Gasteiger partial charge in [-0.3, -0.25) is 4.90 Å². The number of hydrogen-bond donors (Lipinski definition) is 1. The zero-order valence-electron chi connectivity index (χ0n) is 10.6. The number of nitrogens with one attached hydrogen (secondary N) is 1. The summed E-state index contributed by atoms with van der Waals surface area (Å²) < 4.78 is 0. The van der Waals surface area contributed by atoms with Crippen molar-refractivity contribution in [3.05, 3.63) is 48.0 Å². The molecule has 0 aliphatic rings. The predicted octanol–water partition coefficient (Wildman–Crippen LogP) is 2.49. The van der Waals surface area contributed by atoms with Crippen LogP contribution in [-0.4, -0.2) is 32.2 Å². The molecule has 0 amide bonds. The quantitative estimate of drug-likeness (QED) is 0.791. The summed E-state index contributed by atoms with van der Waals surface area (Å²) in [5.74, 6) is 0. The average molecular weight is 228 g/mol. The monoisotopic (exact) mass is 228 g/mol. The van der Waals surface area contributed by atoms with Gasteiger partial charge in [0.15, 0.2) is 0 Å². The molecule has 0 aliphatic carbocycles. The van der Waals surface area contributed by atoms with Gasteiger partial charge in [0.25, 0.3) is 0 Å². The zero-order valence-corrected chi connectivity index (χ0v) is 10.6. The van der Waals surface area contributed by atoms with E-state index in [2.05, 4.69) is 59.7 Å². The van der Waals surface area contributed by atoms with E-state index in [-0.39, 0.29) is 0 Å². The van der Waals surface area contributed by atoms with Crippen LogP contribution in [0.1, 0.15) is 5.56 Å². The molecule has 0 aromatic heterocycles. The van der Waals surface area contributed by atoms with E-state index in [9.17, 15) is 0 Å². The Bertz CT molecular complexity index is 474. The highest BCUT2D eigenvalue weighted by molar-refractivity contribution is 5.85. The van der Waals surface area contributed by atoms with Crippen LogP contribution in [0.25, 0.3) is 10.8 Å². The van der Waals surface area contributed by atoms with Gasteiger partial charge in [-0.1, -0.05) is 42.5 Å². The lowest BCUT2D eigenvalue weighted by molar-refractivity contribution is 0.321. The van der Waals surface area contributed by atoms with E-state index in [4.69, 9.17) is 0 Å². The molecule has 0 spiro atoms. The molecule has 0 saturated carbocycles. The average Bonchev–Trinajstić information content (AvgIpc) is 2.36. The molecule has 17 heavy (non-hydrogen) atoms. The van der Waals surface area contributed by atoms with Crippen molar-refractivity contribution in [2.45, 2.75) is 6.42 Å². The van der Waals surface area contributed by atoms with Crippen molar-refractivity contribution in [3.63, 3.8) is 0 Å². The number of likely N-dealkylation sites (N-methyl/N-ethyl adjacent to an activating group) is 1. The number of hydrogen-bond acceptors (Lipinski definition) is 2. The molecule has 2 nitrogen and oxygen atoms in total. The third kappa shape index (κ3) is 3.05. The Morgan fingerprint density at radius 3 is 2.65 bits per heavy atom. The Kier molecular flexibility index (Phi) is 4.13. The van der Waals surface area contributed by atoms with Crippen LogP contribution in [0.4, 0.5) is 0 Å². The SMILES string of the molecule is CNCN(C)CCc1cccc2ccccc12. The van der Waals surface area contributed by atoms with Crippen molar-refractivity contribution in [2.24, 2.45) is 0 Å². The van der Waals surface area contributed by atoms with E-state index >= 15 is 0 Å². The minimum absolute atomic E-state index is 0.935. The minimum Gasteiger partial charge on any atom is -0.307 e. The summed E-state index contributed by atoms with van der Waals surface area (Å²) >= 11 is 0. The Balaban J connectivity index is 2.13. The van der Waals surface area contributed by atoms with Gasteiger partial charge < -0.3 is 5.32 Å². The molecule has 2 aromatic rings. The van der Waals surface area contributed by atoms with E-state index in [1.54, 1.807) is 0 Å². The fourth-order valence-corrected chi connectivity index (χ4v) is 2.17. The normalized spacial score (nSPS) is 11.2. The Morgan fingerprint density at radius 2 is 1.82 bits per heavy atom. The van der Waals surface area contributed by atoms with E-state index in [1.807, 2.05) is 7.05 Å². The highest BCUT2D eigenvalue weighted by atomic mass is 15.2. The summed E-state index contributed by atoms with van der Waals surface area (Å²) in [6.45, 7) is 2.01. The van der Waals surface area contributed by atoms with Crippen LogP contribution in [0, 0.1) is 0 Å². The standard InChI is InChI=1S/C15H20N2/c1-16-12-17(2)11-10-14-8-5-7-13-6-3-4-9-15(13)14/h3-9,16H,10-12H2,1-2H3. The molecule has 0 fully saturated rings. The second-order valence-corrected chi connectivity index (χ2v) is 4.48. The van der Waals surface area contributed by atoms with E-state index in [0.29, 0.717) is 0 Å². The summed E-state index contributed by atoms with van der Waals surface area (Å²) in [6, 6.07) is 15.2. The Labute approximate surface area is 103 Å². The highest BCUT2D eigenvalue weighted by Gasteiger charge is 2.02. The van der Waals surface area contributed by atoms with Gasteiger partial charge in [-0.05, 0) is 36.9 Å². The van der Waals surface area contributed by atoms with E-state index in [0.717, 1.165) is 19.6 Å². The molecule has 0 atom stereocenters. The largest absolute Gasteiger partial charge is 0.307 e. The Morgan fingerprint density at radius 1 is 1.06 bits per heavy atom. The van der Waals surface area contributed by atoms with Crippen LogP contribution in [0.15, 0.2) is 42.5 Å². The smallest absolute Gasteiger partial charge is 0.0475 e. The van der Waals surface area contributed by atoms with Gasteiger partial charge in [0.2, 0.25) is 0 Å². The van der Waals surface area contributed by atoms with Crippen molar-refractivity contribution in [2.75, 3.05) is 27.3 Å². The molecule has 1 N–H and O–H groups in total. The number of rotatable bonds is 5. The third-order valence-corrected chi connectivity index (χ3v) is 3.07. The van der Waals surface area contributed by atoms with E-state index < -0.39 is 0 Å². The second kappa shape index (κ2) is 5.80. The van der Waals surface area contributed by atoms with Crippen molar-refractivity contribution < 1.29 is 0 Å². The fraction of sp³-hybridized carbons (Fsp3) is 0.333. The molecule has 0 aliphatic heterocycles. The third-order valence-electron chi connectivity index (χ3n) is 3.07. The summed E-state index contributed by atoms with van der Waals surface area (Å²) in [5, 5.41) is 5.88. The maximum atomic E-state index is 3.17. The van der Waals surface area contributed by atoms with Crippen molar-refractivity contribution in [3.8, 4) is 0 Å². The van der Waals surface area contributed by atoms with Crippen molar-refractivity contribution >= 4 is 10.8 Å². The molecule has 0 unspecified atom stereocenters. The molecule has 2 heteroatoms. The summed E-state index contributed by atoms with van der Waals surface area (Å²) in [6.07, 6.45) is 1.10. The van der Waals surface area contributed by atoms with Gasteiger partial charge in [0, 0.05) is 13.2 Å². The van der Waals surface area contributed by atoms with Gasteiger partial charge in [-0.15, -0.1) is 0 Å². The predicted molar refractivity (Wildman–Crippen MR) is 74.2 cm³/mol. The van der Waals surface area contributed by atoms with Crippen molar-refractivity contribution in [1.82, 2.24) is 10.2 Å². The van der Waals surface area contributed by atoms with Gasteiger partial charge in [-0.2, -0.15) is 0 Å². The first-order chi connectivity index (χ1) is 8.31. The number of nitrogens with zero attached hydrogens (tertiary/aromatic N) is 1. The minimum atomic E-state index is 0.935. The highest BCUT2D eigenvalue weighted by Crippen LogP contribution is 2.18. The first-order valence-corrected chi connectivity index (χ1v) is 6.11. The molecular weight excluding hydrogens is 208 g/mol. The molecule has 90 valence electrons. The number of benzene rings is 2. The van der Waals surface area contributed by atoms with Gasteiger partial charge >= 0.3 is 0 Å². The lowest BCUT2D eigenvalue weighted by Gasteiger charge is -2.16. The van der Waals surface area contributed by atoms with Gasteiger partial charge in [0.1, 0.15) is 0 Å². The lowest BCUT2D eigenvalue weighted by atomic mass is 10.0. The van der Waals surface area contributed by atoms with Crippen molar-refractivity contribution in [1.29, 1.82) is 0 Å². The van der Waals surface area contributed by atoms with Crippen LogP contribution >= 0.6 is 0 Å². The fourth-order valence-electron chi connectivity index (χ4n) is 2.17. The first kappa shape index (κ1) is 12.1. The maximum Gasteiger partial charge on any atom is 0.0475 e. The van der Waals surface area contributed by atoms with Gasteiger partial charge in [-0.25, -0.2) is 0 Å². The zero-order chi connectivity index (χ0) is 12.1. The van der Waals surface area contributed by atoms with Crippen LogP contribution in [0.3, 0.4) is 0 Å². The van der Waals surface area contributed by atoms with Crippen LogP contribution < -0.4 is 5.32 Å². The lowest BCUT2D eigenvalue weighted by Crippen LogP contribution is -2.30. The molecule has 0 saturated heterocycles. The summed E-state index contributed by atoms with van der Waals surface area (Å²) in [4.78, 5) is 2.29. The summed E-state index contributed by atoms with van der Waals surface area (Å²) in [7, 11) is 4.12. The number of fused-ring (bicyclic) bond motifs is 1. The Hall–Kier alpha value is -1.38. The molecule has 0 heterocycles. The van der Waals surface area contributed by atoms with Gasteiger partial charge in [0.05, 0.1) is 0 Å². The second-order valence-electron chi connectivity index (χ2n) is 4.48. The van der Waals surface area contributed by atoms with E-state index in [1.165, 1.54) is 16.3 Å². The first-order valence-electron chi connectivity index (χ1n) is 6.11.